The summed E-state index contributed by atoms with van der Waals surface area (Å²) in [7, 11) is 0. The van der Waals surface area contributed by atoms with Gasteiger partial charge in [-0.2, -0.15) is 0 Å². The van der Waals surface area contributed by atoms with E-state index in [2.05, 4.69) is 126 Å². The van der Waals surface area contributed by atoms with Gasteiger partial charge < -0.3 is 14.8 Å². The third-order valence-electron chi connectivity index (χ3n) is 11.2. The molecule has 4 nitrogen and oxygen atoms in total. The Hall–Kier alpha value is -7.50. The highest BCUT2D eigenvalue weighted by atomic mass is 19.1. The van der Waals surface area contributed by atoms with Gasteiger partial charge in [0.15, 0.2) is 0 Å². The number of allylic oxidation sites excluding steroid dienone is 8. The molecule has 59 heavy (non-hydrogen) atoms. The molecule has 7 aromatic carbocycles. The molecule has 1 aromatic heterocycles. The number of aliphatic imine (C=N–C) groups is 1. The smallest absolute Gasteiger partial charge is 0.200 e. The van der Waals surface area contributed by atoms with Crippen LogP contribution in [0.15, 0.2) is 200 Å². The number of benzene rings is 7. The lowest BCUT2D eigenvalue weighted by Gasteiger charge is -2.26. The van der Waals surface area contributed by atoms with Gasteiger partial charge in [-0.25, -0.2) is 9.38 Å². The van der Waals surface area contributed by atoms with Crippen molar-refractivity contribution in [2.24, 2.45) is 4.99 Å². The summed E-state index contributed by atoms with van der Waals surface area (Å²) in [5.74, 6) is -0.232. The van der Waals surface area contributed by atoms with Crippen molar-refractivity contribution in [2.45, 2.75) is 20.1 Å². The van der Waals surface area contributed by atoms with Crippen LogP contribution in [-0.2, 0) is 0 Å². The van der Waals surface area contributed by atoms with E-state index < -0.39 is 0 Å². The Bertz CT molecular complexity index is 3170. The predicted octanol–water partition coefficient (Wildman–Crippen LogP) is 14.4. The summed E-state index contributed by atoms with van der Waals surface area (Å²) in [6, 6.07) is 41.6. The van der Waals surface area contributed by atoms with Gasteiger partial charge in [-0.3, -0.25) is 0 Å². The van der Waals surface area contributed by atoms with Crippen molar-refractivity contribution in [2.75, 3.05) is 4.90 Å². The van der Waals surface area contributed by atoms with Gasteiger partial charge in [0, 0.05) is 40.1 Å². The Morgan fingerprint density at radius 1 is 0.678 bits per heavy atom. The van der Waals surface area contributed by atoms with Crippen LogP contribution in [0.3, 0.4) is 0 Å². The molecule has 3 heterocycles. The summed E-state index contributed by atoms with van der Waals surface area (Å²) in [6.07, 6.45) is 17.2. The number of nitrogens with zero attached hydrogens (tertiary/aromatic N) is 3. The number of rotatable bonds is 6. The number of nitrogens with one attached hydrogen (secondary N) is 1. The molecule has 0 spiro atoms. The monoisotopic (exact) mass is 766 g/mol. The van der Waals surface area contributed by atoms with Crippen molar-refractivity contribution in [1.82, 2.24) is 9.88 Å². The van der Waals surface area contributed by atoms with Crippen molar-refractivity contribution in [3.8, 4) is 11.1 Å². The zero-order valence-electron chi connectivity index (χ0n) is 33.2. The quantitative estimate of drug-likeness (QED) is 0.135. The average molecular weight is 767 g/mol. The second-order valence-corrected chi connectivity index (χ2v) is 14.4. The molecule has 5 heteroatoms. The molecule has 2 aliphatic rings. The number of para-hydroxylation sites is 1. The SMILES string of the molecule is C=C/C=C(\C=C)N1/C=C\C=C/C(=C)c2cc(-c3ccc4c(c3)c3ccccc3n4C3N=CC=C(c4ccc5c6ccc(F)cc6c6ccccc6c5c4)N3)ccc21.CC. The molecule has 0 bridgehead atoms. The van der Waals surface area contributed by atoms with Crippen LogP contribution >= 0.6 is 0 Å². The maximum absolute atomic E-state index is 14.4. The zero-order valence-corrected chi connectivity index (χ0v) is 33.2. The molecule has 1 unspecified atom stereocenters. The second-order valence-electron chi connectivity index (χ2n) is 14.4. The highest BCUT2D eigenvalue weighted by Crippen LogP contribution is 2.40. The van der Waals surface area contributed by atoms with Gasteiger partial charge in [-0.05, 0) is 127 Å². The van der Waals surface area contributed by atoms with Gasteiger partial charge in [0.25, 0.3) is 0 Å². The van der Waals surface area contributed by atoms with Crippen LogP contribution in [0.5, 0.6) is 0 Å². The molecule has 0 fully saturated rings. The van der Waals surface area contributed by atoms with Crippen LogP contribution in [0.2, 0.25) is 0 Å². The summed E-state index contributed by atoms with van der Waals surface area (Å²) >= 11 is 0. The Balaban J connectivity index is 0.00000221. The molecule has 0 amide bonds. The normalized spacial score (nSPS) is 16.2. The van der Waals surface area contributed by atoms with Crippen molar-refractivity contribution >= 4 is 77.3 Å². The van der Waals surface area contributed by atoms with Gasteiger partial charge >= 0.3 is 0 Å². The first-order valence-electron chi connectivity index (χ1n) is 20.0. The van der Waals surface area contributed by atoms with Crippen LogP contribution in [0.4, 0.5) is 10.1 Å². The number of hydrogen-bond acceptors (Lipinski definition) is 3. The lowest BCUT2D eigenvalue weighted by Crippen LogP contribution is -2.26. The Morgan fingerprint density at radius 2 is 1.32 bits per heavy atom. The first-order chi connectivity index (χ1) is 29.0. The molecule has 286 valence electrons. The Labute approximate surface area is 343 Å². The molecule has 1 N–H and O–H groups in total. The number of fused-ring (bicyclic) bond motifs is 10. The van der Waals surface area contributed by atoms with Crippen molar-refractivity contribution in [1.29, 1.82) is 0 Å². The Kier molecular flexibility index (Phi) is 9.71. The standard InChI is InChI=1S/C52H37FN4.C2H6/c1-4-12-38(5-2)56-28-11-10-13-33(3)44-29-34(19-24-49(44)56)35-20-25-51-47(30-35)43-16-8-9-17-50(43)57(51)52-54-27-26-48(55-52)36-18-22-41-42-23-21-37(53)32-46(42)40-15-7-6-14-39(40)45(41)31-36;1-2/h4-32,52,55H,1-3H2;1-2H3/b13-10-,28-11-,38-12+;. The number of aromatic nitrogens is 1. The highest BCUT2D eigenvalue weighted by Gasteiger charge is 2.22. The van der Waals surface area contributed by atoms with Crippen molar-refractivity contribution in [3.63, 3.8) is 0 Å². The van der Waals surface area contributed by atoms with Crippen LogP contribution in [0.1, 0.15) is 31.3 Å². The third-order valence-corrected chi connectivity index (χ3v) is 11.2. The van der Waals surface area contributed by atoms with E-state index in [1.807, 2.05) is 80.9 Å². The highest BCUT2D eigenvalue weighted by molar-refractivity contribution is 6.25. The van der Waals surface area contributed by atoms with E-state index >= 15 is 0 Å². The third kappa shape index (κ3) is 6.38. The van der Waals surface area contributed by atoms with Gasteiger partial charge in [0.05, 0.1) is 16.7 Å². The summed E-state index contributed by atoms with van der Waals surface area (Å²) in [5, 5.41) is 12.4. The summed E-state index contributed by atoms with van der Waals surface area (Å²) in [4.78, 5) is 7.09. The molecule has 10 rings (SSSR count). The van der Waals surface area contributed by atoms with E-state index in [1.54, 1.807) is 18.2 Å². The molecule has 0 radical (unpaired) electrons. The van der Waals surface area contributed by atoms with E-state index in [-0.39, 0.29) is 12.1 Å². The first kappa shape index (κ1) is 37.1. The topological polar surface area (TPSA) is 32.6 Å². The van der Waals surface area contributed by atoms with Crippen LogP contribution in [-0.4, -0.2) is 10.8 Å². The fraction of sp³-hybridized carbons (Fsp3) is 0.0556. The molecule has 2 aliphatic heterocycles. The van der Waals surface area contributed by atoms with E-state index in [4.69, 9.17) is 4.99 Å². The summed E-state index contributed by atoms with van der Waals surface area (Å²) in [5.41, 5.74) is 10.3. The number of anilines is 1. The zero-order chi connectivity index (χ0) is 40.6. The molecule has 0 saturated carbocycles. The minimum absolute atomic E-state index is 0.232. The lowest BCUT2D eigenvalue weighted by atomic mass is 9.92. The van der Waals surface area contributed by atoms with E-state index in [0.717, 1.165) is 99.0 Å². The second kappa shape index (κ2) is 15.4. The molecular formula is C54H43FN4. The van der Waals surface area contributed by atoms with E-state index in [9.17, 15) is 4.39 Å². The molecule has 8 aromatic rings. The fourth-order valence-corrected chi connectivity index (χ4v) is 8.53. The lowest BCUT2D eigenvalue weighted by molar-refractivity contribution is 0.510. The number of halogens is 1. The minimum atomic E-state index is -0.376. The summed E-state index contributed by atoms with van der Waals surface area (Å²) < 4.78 is 16.7. The van der Waals surface area contributed by atoms with Crippen LogP contribution < -0.4 is 10.2 Å². The van der Waals surface area contributed by atoms with Gasteiger partial charge in [0.2, 0.25) is 6.29 Å². The maximum Gasteiger partial charge on any atom is 0.200 e. The molecule has 0 saturated heterocycles. The fourth-order valence-electron chi connectivity index (χ4n) is 8.53. The molecule has 1 atom stereocenters. The van der Waals surface area contributed by atoms with E-state index in [1.165, 1.54) is 0 Å². The maximum atomic E-state index is 14.4. The van der Waals surface area contributed by atoms with Gasteiger partial charge in [-0.15, -0.1) is 0 Å². The van der Waals surface area contributed by atoms with Crippen molar-refractivity contribution in [3.05, 3.63) is 212 Å². The minimum Gasteiger partial charge on any atom is -0.346 e. The van der Waals surface area contributed by atoms with Gasteiger partial charge in [-0.1, -0.05) is 125 Å². The van der Waals surface area contributed by atoms with Crippen LogP contribution in [0.25, 0.3) is 76.5 Å². The molecular weight excluding hydrogens is 724 g/mol. The average Bonchev–Trinajstić information content (AvgIpc) is 3.62. The largest absolute Gasteiger partial charge is 0.346 e. The van der Waals surface area contributed by atoms with E-state index in [0.29, 0.717) is 0 Å². The van der Waals surface area contributed by atoms with Gasteiger partial charge in [0.1, 0.15) is 5.82 Å². The molecule has 0 aliphatic carbocycles. The van der Waals surface area contributed by atoms with Crippen LogP contribution in [0, 0.1) is 5.82 Å². The number of hydrogen-bond donors (Lipinski definition) is 1. The summed E-state index contributed by atoms with van der Waals surface area (Å²) in [6.45, 7) is 16.4. The first-order valence-corrected chi connectivity index (χ1v) is 20.0. The van der Waals surface area contributed by atoms with Crippen molar-refractivity contribution < 1.29 is 4.39 Å². The Morgan fingerprint density at radius 3 is 2.10 bits per heavy atom. The predicted molar refractivity (Wildman–Crippen MR) is 252 cm³/mol.